The molecule has 0 saturated heterocycles. The molecule has 3 aromatic carbocycles. The van der Waals surface area contributed by atoms with Crippen molar-refractivity contribution in [3.63, 3.8) is 0 Å². The van der Waals surface area contributed by atoms with Gasteiger partial charge in [0.1, 0.15) is 11.5 Å². The third-order valence-electron chi connectivity index (χ3n) is 5.36. The number of amides is 2. The summed E-state index contributed by atoms with van der Waals surface area (Å²) >= 11 is 0. The summed E-state index contributed by atoms with van der Waals surface area (Å²) < 4.78 is 10.9. The maximum Gasteiger partial charge on any atom is 0.325 e. The summed E-state index contributed by atoms with van der Waals surface area (Å²) in [6.45, 7) is 0.467. The molecular weight excluding hydrogens is 364 g/mol. The topological polar surface area (TPSA) is 42.0 Å². The normalized spacial score (nSPS) is 15.8. The first-order valence-electron chi connectivity index (χ1n) is 9.53. The van der Waals surface area contributed by atoms with Crippen molar-refractivity contribution >= 4 is 11.7 Å². The Hall–Kier alpha value is -3.47. The Balaban J connectivity index is 1.80. The predicted octanol–water partition coefficient (Wildman–Crippen LogP) is 4.87. The lowest BCUT2D eigenvalue weighted by Crippen LogP contribution is -2.47. The van der Waals surface area contributed by atoms with Crippen LogP contribution in [0.2, 0.25) is 0 Å². The second-order valence-corrected chi connectivity index (χ2v) is 7.03. The fraction of sp³-hybridized carbons (Fsp3) is 0.208. The molecule has 4 rings (SSSR count). The molecule has 0 radical (unpaired) electrons. The van der Waals surface area contributed by atoms with Gasteiger partial charge in [-0.15, -0.1) is 0 Å². The second-order valence-electron chi connectivity index (χ2n) is 7.03. The van der Waals surface area contributed by atoms with E-state index in [2.05, 4.69) is 0 Å². The van der Waals surface area contributed by atoms with Crippen LogP contribution in [0.4, 0.5) is 10.5 Å². The molecule has 29 heavy (non-hydrogen) atoms. The monoisotopic (exact) mass is 388 g/mol. The molecule has 1 aliphatic rings. The van der Waals surface area contributed by atoms with E-state index in [0.29, 0.717) is 6.54 Å². The van der Waals surface area contributed by atoms with Crippen molar-refractivity contribution in [3.05, 3.63) is 89.5 Å². The lowest BCUT2D eigenvalue weighted by atomic mass is 9.92. The Morgan fingerprint density at radius 2 is 1.59 bits per heavy atom. The van der Waals surface area contributed by atoms with Crippen molar-refractivity contribution in [1.29, 1.82) is 0 Å². The zero-order chi connectivity index (χ0) is 20.4. The number of anilines is 1. The molecule has 1 unspecified atom stereocenters. The molecular formula is C24H24N2O3. The number of nitrogens with zero attached hydrogens (tertiary/aromatic N) is 2. The summed E-state index contributed by atoms with van der Waals surface area (Å²) in [7, 11) is 5.16. The van der Waals surface area contributed by atoms with Crippen LogP contribution < -0.4 is 14.4 Å². The van der Waals surface area contributed by atoms with Crippen LogP contribution in [0.1, 0.15) is 22.7 Å². The minimum Gasteiger partial charge on any atom is -0.497 e. The third-order valence-corrected chi connectivity index (χ3v) is 5.36. The van der Waals surface area contributed by atoms with Gasteiger partial charge in [0.05, 0.1) is 32.5 Å². The summed E-state index contributed by atoms with van der Waals surface area (Å²) in [4.78, 5) is 17.0. The molecule has 5 nitrogen and oxygen atoms in total. The summed E-state index contributed by atoms with van der Waals surface area (Å²) in [5.41, 5.74) is 3.95. The smallest absolute Gasteiger partial charge is 0.325 e. The van der Waals surface area contributed by atoms with Crippen LogP contribution in [0.5, 0.6) is 11.5 Å². The van der Waals surface area contributed by atoms with Crippen LogP contribution >= 0.6 is 0 Å². The van der Waals surface area contributed by atoms with Crippen LogP contribution in [0.25, 0.3) is 0 Å². The Kier molecular flexibility index (Phi) is 5.12. The number of hydrogen-bond acceptors (Lipinski definition) is 3. The van der Waals surface area contributed by atoms with E-state index in [1.807, 2.05) is 79.8 Å². The molecule has 148 valence electrons. The van der Waals surface area contributed by atoms with Gasteiger partial charge in [0.25, 0.3) is 0 Å². The lowest BCUT2D eigenvalue weighted by molar-refractivity contribution is 0.199. The number of fused-ring (bicyclic) bond motifs is 1. The molecule has 1 atom stereocenters. The van der Waals surface area contributed by atoms with Gasteiger partial charge in [-0.3, -0.25) is 4.90 Å². The van der Waals surface area contributed by atoms with Crippen LogP contribution in [-0.2, 0) is 6.54 Å². The average Bonchev–Trinajstić information content (AvgIpc) is 2.77. The van der Waals surface area contributed by atoms with Crippen LogP contribution in [0, 0.1) is 0 Å². The van der Waals surface area contributed by atoms with Gasteiger partial charge in [0, 0.05) is 12.6 Å². The molecule has 0 aliphatic carbocycles. The maximum atomic E-state index is 13.4. The van der Waals surface area contributed by atoms with Gasteiger partial charge in [0.2, 0.25) is 0 Å². The van der Waals surface area contributed by atoms with Crippen molar-refractivity contribution in [1.82, 2.24) is 4.90 Å². The highest BCUT2D eigenvalue weighted by Gasteiger charge is 2.38. The van der Waals surface area contributed by atoms with Crippen molar-refractivity contribution in [2.45, 2.75) is 12.6 Å². The van der Waals surface area contributed by atoms with Crippen molar-refractivity contribution < 1.29 is 14.3 Å². The van der Waals surface area contributed by atoms with Crippen LogP contribution in [0.3, 0.4) is 0 Å². The molecule has 1 heterocycles. The minimum atomic E-state index is -0.207. The zero-order valence-electron chi connectivity index (χ0n) is 16.8. The number of benzene rings is 3. The quantitative estimate of drug-likeness (QED) is 0.626. The second kappa shape index (κ2) is 7.87. The highest BCUT2D eigenvalue weighted by atomic mass is 16.5. The number of carbonyl (C=O) groups excluding carboxylic acids is 1. The molecule has 2 amide bonds. The molecule has 3 aromatic rings. The molecule has 0 N–H and O–H groups in total. The highest BCUT2D eigenvalue weighted by Crippen LogP contribution is 2.45. The molecule has 1 aliphatic heterocycles. The first-order chi connectivity index (χ1) is 14.1. The van der Waals surface area contributed by atoms with E-state index >= 15 is 0 Å². The number of rotatable bonds is 5. The number of carbonyl (C=O) groups is 1. The van der Waals surface area contributed by atoms with Gasteiger partial charge >= 0.3 is 6.03 Å². The van der Waals surface area contributed by atoms with Crippen LogP contribution in [0.15, 0.2) is 72.8 Å². The van der Waals surface area contributed by atoms with E-state index in [0.717, 1.165) is 33.9 Å². The molecule has 5 heteroatoms. The van der Waals surface area contributed by atoms with Gasteiger partial charge < -0.3 is 14.4 Å². The number of hydrogen-bond donors (Lipinski definition) is 0. The van der Waals surface area contributed by atoms with Gasteiger partial charge in [-0.05, 0) is 35.4 Å². The Morgan fingerprint density at radius 1 is 0.862 bits per heavy atom. The SMILES string of the molecule is COc1ccc(CN2C(=O)N(C)C(c3ccccc3)c3c(OC)cccc32)cc1. The largest absolute Gasteiger partial charge is 0.497 e. The first-order valence-corrected chi connectivity index (χ1v) is 9.53. The third kappa shape index (κ3) is 3.40. The fourth-order valence-corrected chi connectivity index (χ4v) is 3.91. The zero-order valence-corrected chi connectivity index (χ0v) is 16.8. The van der Waals surface area contributed by atoms with E-state index < -0.39 is 0 Å². The summed E-state index contributed by atoms with van der Waals surface area (Å²) in [6.07, 6.45) is 0. The summed E-state index contributed by atoms with van der Waals surface area (Å²) in [5.74, 6) is 1.57. The van der Waals surface area contributed by atoms with Crippen LogP contribution in [-0.4, -0.2) is 32.2 Å². The van der Waals surface area contributed by atoms with Crippen molar-refractivity contribution in [2.75, 3.05) is 26.2 Å². The number of methoxy groups -OCH3 is 2. The van der Waals surface area contributed by atoms with E-state index in [4.69, 9.17) is 9.47 Å². The lowest BCUT2D eigenvalue weighted by Gasteiger charge is -2.41. The fourth-order valence-electron chi connectivity index (χ4n) is 3.91. The van der Waals surface area contributed by atoms with Gasteiger partial charge in [0.15, 0.2) is 0 Å². The van der Waals surface area contributed by atoms with E-state index in [-0.39, 0.29) is 12.1 Å². The van der Waals surface area contributed by atoms with Gasteiger partial charge in [-0.1, -0.05) is 48.5 Å². The first kappa shape index (κ1) is 18.9. The van der Waals surface area contributed by atoms with E-state index in [9.17, 15) is 4.79 Å². The predicted molar refractivity (Wildman–Crippen MR) is 114 cm³/mol. The summed E-state index contributed by atoms with van der Waals surface area (Å²) in [5, 5.41) is 0. The van der Waals surface area contributed by atoms with E-state index in [1.165, 1.54) is 0 Å². The minimum absolute atomic E-state index is 0.0459. The molecule has 0 saturated carbocycles. The number of ether oxygens (including phenoxy) is 2. The molecule has 0 spiro atoms. The Labute approximate surface area is 171 Å². The Bertz CT molecular complexity index is 1000. The van der Waals surface area contributed by atoms with Gasteiger partial charge in [-0.2, -0.15) is 0 Å². The van der Waals surface area contributed by atoms with Crippen molar-refractivity contribution in [3.8, 4) is 11.5 Å². The van der Waals surface area contributed by atoms with Crippen molar-refractivity contribution in [2.24, 2.45) is 0 Å². The van der Waals surface area contributed by atoms with Gasteiger partial charge in [-0.25, -0.2) is 4.79 Å². The Morgan fingerprint density at radius 3 is 2.24 bits per heavy atom. The van der Waals surface area contributed by atoms with E-state index in [1.54, 1.807) is 24.0 Å². The summed E-state index contributed by atoms with van der Waals surface area (Å²) in [6, 6.07) is 23.5. The molecule has 0 bridgehead atoms. The maximum absolute atomic E-state index is 13.4. The molecule has 0 fully saturated rings. The average molecular weight is 388 g/mol. The number of urea groups is 1. The molecule has 0 aromatic heterocycles. The highest BCUT2D eigenvalue weighted by molar-refractivity contribution is 5.96. The standard InChI is InChI=1S/C24H24N2O3/c1-25-23(18-8-5-4-6-9-18)22-20(10-7-11-21(22)29-3)26(24(25)27)16-17-12-14-19(28-2)15-13-17/h4-15,23H,16H2,1-3H3.